The molecule has 2 amide bonds. The molecule has 33 heavy (non-hydrogen) atoms. The number of aromatic nitrogens is 2. The summed E-state index contributed by atoms with van der Waals surface area (Å²) < 4.78 is 14.2. The van der Waals surface area contributed by atoms with Gasteiger partial charge in [0.15, 0.2) is 11.6 Å². The Bertz CT molecular complexity index is 1110. The van der Waals surface area contributed by atoms with Crippen LogP contribution in [0.2, 0.25) is 5.28 Å². The Morgan fingerprint density at radius 2 is 2.12 bits per heavy atom. The van der Waals surface area contributed by atoms with Crippen molar-refractivity contribution in [2.24, 2.45) is 28.7 Å². The maximum atomic E-state index is 14.2. The highest BCUT2D eigenvalue weighted by Gasteiger charge is 2.55. The summed E-state index contributed by atoms with van der Waals surface area (Å²) in [4.78, 5) is 42.8. The van der Waals surface area contributed by atoms with E-state index >= 15 is 0 Å². The lowest BCUT2D eigenvalue weighted by Gasteiger charge is -2.34. The summed E-state index contributed by atoms with van der Waals surface area (Å²) in [5.41, 5.74) is 12.3. The Labute approximate surface area is 197 Å². The van der Waals surface area contributed by atoms with E-state index in [-0.39, 0.29) is 45.5 Å². The van der Waals surface area contributed by atoms with Crippen LogP contribution in [0.3, 0.4) is 0 Å². The lowest BCUT2D eigenvalue weighted by atomic mass is 9.83. The number of hydrogen-bond acceptors (Lipinski definition) is 9. The normalized spacial score (nSPS) is 25.6. The average Bonchev–Trinajstić information content (AvgIpc) is 3.34. The quantitative estimate of drug-likeness (QED) is 0.247. The van der Waals surface area contributed by atoms with E-state index in [9.17, 15) is 18.9 Å². The molecule has 2 bridgehead atoms. The van der Waals surface area contributed by atoms with Crippen molar-refractivity contribution in [3.8, 4) is 0 Å². The molecule has 1 aromatic heterocycles. The number of nitroso groups, excluding NO2 is 1. The average molecular weight is 494 g/mol. The number of hydrogen-bond donors (Lipinski definition) is 4. The van der Waals surface area contributed by atoms with Crippen molar-refractivity contribution < 1.29 is 14.0 Å². The van der Waals surface area contributed by atoms with Crippen molar-refractivity contribution >= 4 is 58.1 Å². The van der Waals surface area contributed by atoms with E-state index in [0.717, 1.165) is 12.6 Å². The third kappa shape index (κ3) is 4.86. The molecule has 2 aromatic rings. The maximum absolute atomic E-state index is 14.2. The van der Waals surface area contributed by atoms with E-state index in [1.165, 1.54) is 30.0 Å². The molecule has 13 heteroatoms. The molecule has 2 aliphatic rings. The molecule has 6 N–H and O–H groups in total. The molecular formula is C20H21ClFN7O3S. The number of nitrogen functional groups attached to an aromatic ring is 1. The summed E-state index contributed by atoms with van der Waals surface area (Å²) >= 11 is 7.23. The molecule has 0 aliphatic heterocycles. The van der Waals surface area contributed by atoms with Crippen LogP contribution in [-0.2, 0) is 9.59 Å². The standard InChI is InChI=1S/C20H21ClFN7O3S/c21-20-25-6-11(22)19(28-20)27-17-10-3-8(16(17)18(24)31)4-14(10)33-7-15(30)26-13-5-9(29-32)1-2-12(13)23/h1-2,5-6,8,10,14,16-17H,3-4,7,23H2,(H2,24,31)(H,26,30)(H,25,27,28)/t8-,10+,14+,16-,17+/m0/s1. The first-order valence-electron chi connectivity index (χ1n) is 10.1. The number of fused-ring (bicyclic) bond motifs is 2. The number of carbonyl (C=O) groups is 2. The van der Waals surface area contributed by atoms with Gasteiger partial charge in [0.1, 0.15) is 5.69 Å². The highest BCUT2D eigenvalue weighted by atomic mass is 35.5. The van der Waals surface area contributed by atoms with Gasteiger partial charge in [-0.1, -0.05) is 0 Å². The zero-order valence-electron chi connectivity index (χ0n) is 17.2. The highest BCUT2D eigenvalue weighted by Crippen LogP contribution is 2.53. The molecule has 2 fully saturated rings. The van der Waals surface area contributed by atoms with Crippen molar-refractivity contribution in [2.75, 3.05) is 22.1 Å². The molecule has 0 unspecified atom stereocenters. The van der Waals surface area contributed by atoms with Crippen molar-refractivity contribution in [1.29, 1.82) is 0 Å². The number of amides is 2. The summed E-state index contributed by atoms with van der Waals surface area (Å²) in [5.74, 6) is -1.86. The predicted molar refractivity (Wildman–Crippen MR) is 124 cm³/mol. The molecule has 4 rings (SSSR count). The number of nitrogens with two attached hydrogens (primary N) is 2. The van der Waals surface area contributed by atoms with Gasteiger partial charge >= 0.3 is 0 Å². The maximum Gasteiger partial charge on any atom is 0.234 e. The first-order valence-corrected chi connectivity index (χ1v) is 11.6. The van der Waals surface area contributed by atoms with Gasteiger partial charge in [0.05, 0.1) is 29.2 Å². The van der Waals surface area contributed by atoms with Gasteiger partial charge in [0.2, 0.25) is 17.1 Å². The Balaban J connectivity index is 1.42. The van der Waals surface area contributed by atoms with Gasteiger partial charge in [-0.2, -0.15) is 4.98 Å². The number of halogens is 2. The van der Waals surface area contributed by atoms with Gasteiger partial charge in [-0.05, 0) is 59.7 Å². The van der Waals surface area contributed by atoms with Crippen LogP contribution in [0.25, 0.3) is 0 Å². The zero-order chi connectivity index (χ0) is 23.7. The fraction of sp³-hybridized carbons (Fsp3) is 0.400. The first kappa shape index (κ1) is 23.2. The van der Waals surface area contributed by atoms with Crippen LogP contribution < -0.4 is 22.1 Å². The number of thioether (sulfide) groups is 1. The SMILES string of the molecule is NC(=O)[C@H]1[C@H]2C[C@@H]([C@H]1Nc1nc(Cl)ncc1F)[C@H](SCC(=O)Nc1cc(N=O)ccc1N)C2. The Morgan fingerprint density at radius 1 is 1.33 bits per heavy atom. The number of carbonyl (C=O) groups excluding carboxylic acids is 2. The summed E-state index contributed by atoms with van der Waals surface area (Å²) in [6, 6.07) is 3.92. The predicted octanol–water partition coefficient (Wildman–Crippen LogP) is 2.91. The number of primary amides is 1. The van der Waals surface area contributed by atoms with E-state index in [0.29, 0.717) is 17.8 Å². The van der Waals surface area contributed by atoms with Crippen LogP contribution in [0.4, 0.5) is 27.3 Å². The number of rotatable bonds is 8. The molecule has 5 atom stereocenters. The van der Waals surface area contributed by atoms with Gasteiger partial charge in [0.25, 0.3) is 0 Å². The monoisotopic (exact) mass is 493 g/mol. The third-order valence-electron chi connectivity index (χ3n) is 6.14. The van der Waals surface area contributed by atoms with Crippen LogP contribution in [-0.4, -0.2) is 38.8 Å². The molecule has 0 saturated heterocycles. The summed E-state index contributed by atoms with van der Waals surface area (Å²) in [6.45, 7) is 0. The molecule has 0 radical (unpaired) electrons. The van der Waals surface area contributed by atoms with Crippen molar-refractivity contribution in [3.05, 3.63) is 40.4 Å². The smallest absolute Gasteiger partial charge is 0.234 e. The molecule has 2 saturated carbocycles. The number of anilines is 3. The number of benzene rings is 1. The molecular weight excluding hydrogens is 473 g/mol. The van der Waals surface area contributed by atoms with Gasteiger partial charge in [0, 0.05) is 11.3 Å². The van der Waals surface area contributed by atoms with Gasteiger partial charge in [-0.15, -0.1) is 16.7 Å². The summed E-state index contributed by atoms with van der Waals surface area (Å²) in [5, 5.41) is 8.47. The van der Waals surface area contributed by atoms with Crippen LogP contribution in [0.15, 0.2) is 29.6 Å². The van der Waals surface area contributed by atoms with Crippen LogP contribution in [0.5, 0.6) is 0 Å². The minimum Gasteiger partial charge on any atom is -0.397 e. The van der Waals surface area contributed by atoms with Crippen LogP contribution in [0, 0.1) is 28.5 Å². The third-order valence-corrected chi connectivity index (χ3v) is 7.72. The largest absolute Gasteiger partial charge is 0.397 e. The molecule has 174 valence electrons. The lowest BCUT2D eigenvalue weighted by molar-refractivity contribution is -0.123. The van der Waals surface area contributed by atoms with Crippen molar-refractivity contribution in [1.82, 2.24) is 9.97 Å². The van der Waals surface area contributed by atoms with E-state index < -0.39 is 23.7 Å². The molecule has 0 spiro atoms. The molecule has 10 nitrogen and oxygen atoms in total. The minimum atomic E-state index is -0.682. The highest BCUT2D eigenvalue weighted by molar-refractivity contribution is 8.00. The van der Waals surface area contributed by atoms with Crippen molar-refractivity contribution in [3.63, 3.8) is 0 Å². The fourth-order valence-corrected chi connectivity index (χ4v) is 6.26. The van der Waals surface area contributed by atoms with E-state index in [2.05, 4.69) is 25.8 Å². The molecule has 1 aromatic carbocycles. The first-order chi connectivity index (χ1) is 15.8. The molecule has 2 aliphatic carbocycles. The Hall–Kier alpha value is -2.99. The zero-order valence-corrected chi connectivity index (χ0v) is 18.8. The lowest BCUT2D eigenvalue weighted by Crippen LogP contribution is -2.46. The van der Waals surface area contributed by atoms with Gasteiger partial charge in [-0.3, -0.25) is 9.59 Å². The fourth-order valence-electron chi connectivity index (χ4n) is 4.78. The number of nitrogens with zero attached hydrogens (tertiary/aromatic N) is 3. The summed E-state index contributed by atoms with van der Waals surface area (Å²) in [6.07, 6.45) is 2.40. The second-order valence-corrected chi connectivity index (χ2v) is 9.66. The van der Waals surface area contributed by atoms with E-state index in [4.69, 9.17) is 23.1 Å². The minimum absolute atomic E-state index is 0.0221. The Kier molecular flexibility index (Phi) is 6.66. The van der Waals surface area contributed by atoms with Crippen molar-refractivity contribution in [2.45, 2.75) is 24.1 Å². The number of nitrogens with one attached hydrogen (secondary N) is 2. The van der Waals surface area contributed by atoms with E-state index in [1.54, 1.807) is 0 Å². The van der Waals surface area contributed by atoms with E-state index in [1.807, 2.05) is 0 Å². The van der Waals surface area contributed by atoms with Crippen LogP contribution in [0.1, 0.15) is 12.8 Å². The van der Waals surface area contributed by atoms with Crippen LogP contribution >= 0.6 is 23.4 Å². The molecule has 1 heterocycles. The Morgan fingerprint density at radius 3 is 2.85 bits per heavy atom. The topological polar surface area (TPSA) is 165 Å². The second kappa shape index (κ2) is 9.48. The van der Waals surface area contributed by atoms with Gasteiger partial charge in [-0.25, -0.2) is 9.37 Å². The van der Waals surface area contributed by atoms with Gasteiger partial charge < -0.3 is 22.1 Å². The second-order valence-electron chi connectivity index (χ2n) is 8.09. The summed E-state index contributed by atoms with van der Waals surface area (Å²) in [7, 11) is 0.